The number of hydrogen-bond donors (Lipinski definition) is 0. The molecule has 0 amide bonds. The maximum Gasteiger partial charge on any atom is 1.00 e. The summed E-state index contributed by atoms with van der Waals surface area (Å²) in [6.07, 6.45) is 59.5. The smallest absolute Gasteiger partial charge is 0.744 e. The van der Waals surface area contributed by atoms with Gasteiger partial charge in [-0.05, 0) is 69.6 Å². The number of esters is 2. The van der Waals surface area contributed by atoms with Gasteiger partial charge >= 0.3 is 63.3 Å². The van der Waals surface area contributed by atoms with Crippen molar-refractivity contribution in [1.82, 2.24) is 0 Å². The molecule has 0 unspecified atom stereocenters. The van der Waals surface area contributed by atoms with Crippen LogP contribution >= 0.6 is 0 Å². The van der Waals surface area contributed by atoms with Crippen molar-refractivity contribution in [2.24, 2.45) is 0 Å². The Labute approximate surface area is 443 Å². The quantitative estimate of drug-likeness (QED) is 0.0210. The van der Waals surface area contributed by atoms with E-state index >= 15 is 0 Å². The molecule has 0 saturated carbocycles. The van der Waals surface area contributed by atoms with Crippen molar-refractivity contribution < 1.29 is 83.4 Å². The molecular formula is C56H97KO7S. The molecule has 0 fully saturated rings. The molecule has 0 spiro atoms. The SMILES string of the molecule is CCC/C=C/CCCCCCCCCCCCCCCCCCCOC(=O)c1ccc(S(=O)(=O)[O-])cc1C(=O)OCCCCCCCCCCCCCCCCCCC/C=C/CCC.[K+]. The molecule has 370 valence electrons. The van der Waals surface area contributed by atoms with Gasteiger partial charge in [-0.1, -0.05) is 244 Å². The Morgan fingerprint density at radius 2 is 0.677 bits per heavy atom. The predicted molar refractivity (Wildman–Crippen MR) is 269 cm³/mol. The first-order valence-electron chi connectivity index (χ1n) is 27.0. The van der Waals surface area contributed by atoms with Crippen LogP contribution in [0, 0.1) is 0 Å². The fourth-order valence-electron chi connectivity index (χ4n) is 8.35. The van der Waals surface area contributed by atoms with Gasteiger partial charge in [0.1, 0.15) is 10.1 Å². The molecule has 65 heavy (non-hydrogen) atoms. The van der Waals surface area contributed by atoms with Gasteiger partial charge in [-0.2, -0.15) is 0 Å². The van der Waals surface area contributed by atoms with Crippen molar-refractivity contribution in [3.63, 3.8) is 0 Å². The predicted octanol–water partition coefficient (Wildman–Crippen LogP) is 14.7. The molecule has 7 nitrogen and oxygen atoms in total. The summed E-state index contributed by atoms with van der Waals surface area (Å²) in [5.74, 6) is -1.53. The van der Waals surface area contributed by atoms with Gasteiger partial charge in [-0.25, -0.2) is 18.0 Å². The van der Waals surface area contributed by atoms with Gasteiger partial charge in [-0.15, -0.1) is 0 Å². The fourth-order valence-corrected chi connectivity index (χ4v) is 8.84. The average molecular weight is 954 g/mol. The zero-order valence-electron chi connectivity index (χ0n) is 42.5. The van der Waals surface area contributed by atoms with E-state index in [1.165, 1.54) is 218 Å². The summed E-state index contributed by atoms with van der Waals surface area (Å²) in [5, 5.41) is 0. The van der Waals surface area contributed by atoms with Crippen molar-refractivity contribution >= 4 is 22.1 Å². The monoisotopic (exact) mass is 953 g/mol. The molecule has 0 aromatic heterocycles. The third kappa shape index (κ3) is 40.8. The second-order valence-corrected chi connectivity index (χ2v) is 19.9. The summed E-state index contributed by atoms with van der Waals surface area (Å²) in [6.45, 7) is 4.83. The topological polar surface area (TPSA) is 110 Å². The Kier molecular flexibility index (Phi) is 47.6. The van der Waals surface area contributed by atoms with E-state index in [4.69, 9.17) is 9.47 Å². The van der Waals surface area contributed by atoms with Crippen LogP contribution < -0.4 is 51.4 Å². The largest absolute Gasteiger partial charge is 1.00 e. The van der Waals surface area contributed by atoms with Gasteiger partial charge in [0, 0.05) is 0 Å². The first kappa shape index (κ1) is 64.2. The van der Waals surface area contributed by atoms with E-state index in [9.17, 15) is 22.6 Å². The van der Waals surface area contributed by atoms with Crippen LogP contribution in [0.4, 0.5) is 0 Å². The van der Waals surface area contributed by atoms with Crippen molar-refractivity contribution in [2.45, 2.75) is 276 Å². The van der Waals surface area contributed by atoms with E-state index < -0.39 is 27.0 Å². The molecule has 1 aromatic rings. The number of unbranched alkanes of at least 4 members (excludes halogenated alkanes) is 36. The zero-order chi connectivity index (χ0) is 46.4. The number of ether oxygens (including phenoxy) is 2. The molecular weight excluding hydrogens is 856 g/mol. The normalized spacial score (nSPS) is 11.7. The third-order valence-corrected chi connectivity index (χ3v) is 13.3. The standard InChI is InChI=1S/C56H98O7S.K/c1-3-5-7-9-11-13-15-17-19-21-23-25-27-29-31-33-35-37-39-41-43-45-49-62-55(57)53-48-47-52(64(59,60)61)51-54(53)56(58)63-50-46-44-42-40-38-36-34-32-30-28-26-24-22-20-18-16-14-12-10-8-6-4-2;/h7-10,47-48,51H,3-6,11-46,49-50H2,1-2H3,(H,59,60,61);/q;+1/p-1/b9-7+,10-8+;. The minimum Gasteiger partial charge on any atom is -0.744 e. The number of carbonyl (C=O) groups excluding carboxylic acids is 2. The Morgan fingerprint density at radius 3 is 0.969 bits per heavy atom. The number of rotatable bonds is 47. The van der Waals surface area contributed by atoms with Gasteiger partial charge in [0.2, 0.25) is 0 Å². The average Bonchev–Trinajstić information content (AvgIpc) is 3.28. The van der Waals surface area contributed by atoms with Gasteiger partial charge in [-0.3, -0.25) is 0 Å². The van der Waals surface area contributed by atoms with Crippen molar-refractivity contribution in [2.75, 3.05) is 13.2 Å². The molecule has 0 radical (unpaired) electrons. The Balaban J connectivity index is 0.0000410. The summed E-state index contributed by atoms with van der Waals surface area (Å²) in [5.41, 5.74) is -0.326. The van der Waals surface area contributed by atoms with E-state index in [2.05, 4.69) is 38.2 Å². The molecule has 9 heteroatoms. The number of benzene rings is 1. The minimum atomic E-state index is -4.82. The van der Waals surface area contributed by atoms with Crippen LogP contribution in [0.25, 0.3) is 0 Å². The van der Waals surface area contributed by atoms with E-state index in [1.807, 2.05) is 0 Å². The van der Waals surface area contributed by atoms with E-state index in [-0.39, 0.29) is 75.7 Å². The number of carbonyl (C=O) groups is 2. The molecule has 0 heterocycles. The molecule has 0 aliphatic heterocycles. The second kappa shape index (κ2) is 48.2. The molecule has 0 aliphatic rings. The second-order valence-electron chi connectivity index (χ2n) is 18.6. The van der Waals surface area contributed by atoms with Crippen molar-refractivity contribution in [1.29, 1.82) is 0 Å². The number of allylic oxidation sites excluding steroid dienone is 4. The van der Waals surface area contributed by atoms with Crippen LogP contribution in [0.1, 0.15) is 291 Å². The van der Waals surface area contributed by atoms with Crippen LogP contribution in [-0.4, -0.2) is 38.1 Å². The molecule has 0 N–H and O–H groups in total. The maximum absolute atomic E-state index is 13.0. The first-order valence-corrected chi connectivity index (χ1v) is 28.5. The molecule has 1 rings (SSSR count). The first-order chi connectivity index (χ1) is 31.3. The van der Waals surface area contributed by atoms with Gasteiger partial charge in [0.05, 0.1) is 29.2 Å². The van der Waals surface area contributed by atoms with Crippen LogP contribution in [0.3, 0.4) is 0 Å². The molecule has 0 atom stereocenters. The van der Waals surface area contributed by atoms with Gasteiger partial charge in [0.25, 0.3) is 0 Å². The molecule has 0 aliphatic carbocycles. The van der Waals surface area contributed by atoms with E-state index in [0.29, 0.717) is 12.8 Å². The van der Waals surface area contributed by atoms with Crippen LogP contribution in [-0.2, 0) is 19.6 Å². The fraction of sp³-hybridized carbons (Fsp3) is 0.786. The minimum absolute atomic E-state index is 0. The van der Waals surface area contributed by atoms with Crippen LogP contribution in [0.5, 0.6) is 0 Å². The van der Waals surface area contributed by atoms with Crippen molar-refractivity contribution in [3.05, 3.63) is 53.6 Å². The van der Waals surface area contributed by atoms with E-state index in [1.54, 1.807) is 0 Å². The number of hydrogen-bond acceptors (Lipinski definition) is 7. The molecule has 0 saturated heterocycles. The van der Waals surface area contributed by atoms with Crippen molar-refractivity contribution in [3.8, 4) is 0 Å². The summed E-state index contributed by atoms with van der Waals surface area (Å²) < 4.78 is 46.0. The summed E-state index contributed by atoms with van der Waals surface area (Å²) in [7, 11) is -4.82. The Hall–Kier alpha value is -0.814. The van der Waals surface area contributed by atoms with Crippen LogP contribution in [0.15, 0.2) is 47.4 Å². The van der Waals surface area contributed by atoms with Crippen LogP contribution in [0.2, 0.25) is 0 Å². The summed E-state index contributed by atoms with van der Waals surface area (Å²) in [4.78, 5) is 25.4. The zero-order valence-corrected chi connectivity index (χ0v) is 46.4. The molecule has 0 bridgehead atoms. The van der Waals surface area contributed by atoms with E-state index in [0.717, 1.165) is 44.2 Å². The summed E-state index contributed by atoms with van der Waals surface area (Å²) >= 11 is 0. The van der Waals surface area contributed by atoms with Gasteiger partial charge < -0.3 is 14.0 Å². The molecule has 1 aromatic carbocycles. The van der Waals surface area contributed by atoms with Gasteiger partial charge in [0.15, 0.2) is 0 Å². The third-order valence-electron chi connectivity index (χ3n) is 12.5. The summed E-state index contributed by atoms with van der Waals surface area (Å²) in [6, 6.07) is 3.17. The maximum atomic E-state index is 13.0. The Bertz CT molecular complexity index is 1410. The Morgan fingerprint density at radius 1 is 0.415 bits per heavy atom.